The summed E-state index contributed by atoms with van der Waals surface area (Å²) in [6.45, 7) is 4.34. The lowest BCUT2D eigenvalue weighted by Gasteiger charge is -2.23. The van der Waals surface area contributed by atoms with Crippen LogP contribution in [0.4, 0.5) is 8.78 Å². The fraction of sp³-hybridized carbons (Fsp3) is 0.500. The van der Waals surface area contributed by atoms with E-state index in [4.69, 9.17) is 0 Å². The minimum atomic E-state index is -0.981. The molecule has 0 spiro atoms. The van der Waals surface area contributed by atoms with Crippen molar-refractivity contribution < 1.29 is 13.6 Å². The standard InChI is InChI=1S/C14H19F2NO/c1-4-5-10(2)17(3)9-14(18)11-6-7-12(15)13(16)8-11/h6-8,10H,4-5,9H2,1-3H3. The highest BCUT2D eigenvalue weighted by molar-refractivity contribution is 5.97. The van der Waals surface area contributed by atoms with Crippen LogP contribution in [0.5, 0.6) is 0 Å². The minimum absolute atomic E-state index is 0.195. The number of Topliss-reactive ketones (excluding diaryl/α,β-unsaturated/α-hetero) is 1. The molecule has 1 atom stereocenters. The van der Waals surface area contributed by atoms with Gasteiger partial charge in [-0.25, -0.2) is 8.78 Å². The van der Waals surface area contributed by atoms with Crippen LogP contribution >= 0.6 is 0 Å². The molecule has 0 heterocycles. The predicted octanol–water partition coefficient (Wildman–Crippen LogP) is 3.27. The van der Waals surface area contributed by atoms with Crippen molar-refractivity contribution in [2.24, 2.45) is 0 Å². The summed E-state index contributed by atoms with van der Waals surface area (Å²) in [7, 11) is 1.86. The Labute approximate surface area is 107 Å². The molecule has 0 N–H and O–H groups in total. The van der Waals surface area contributed by atoms with Crippen molar-refractivity contribution in [2.75, 3.05) is 13.6 Å². The first kappa shape index (κ1) is 14.8. The molecule has 0 amide bonds. The van der Waals surface area contributed by atoms with Gasteiger partial charge in [-0.05, 0) is 38.6 Å². The first-order chi connectivity index (χ1) is 8.45. The van der Waals surface area contributed by atoms with Crippen molar-refractivity contribution in [3.63, 3.8) is 0 Å². The van der Waals surface area contributed by atoms with Crippen LogP contribution in [-0.4, -0.2) is 30.3 Å². The number of carbonyl (C=O) groups is 1. The lowest BCUT2D eigenvalue weighted by atomic mass is 10.1. The number of halogens is 2. The quantitative estimate of drug-likeness (QED) is 0.727. The molecule has 0 saturated heterocycles. The fourth-order valence-electron chi connectivity index (χ4n) is 1.78. The summed E-state index contributed by atoms with van der Waals surface area (Å²) in [6.07, 6.45) is 2.05. The van der Waals surface area contributed by atoms with Crippen LogP contribution in [0, 0.1) is 11.6 Å². The second-order valence-electron chi connectivity index (χ2n) is 4.60. The van der Waals surface area contributed by atoms with E-state index >= 15 is 0 Å². The zero-order chi connectivity index (χ0) is 13.7. The molecule has 1 rings (SSSR count). The predicted molar refractivity (Wildman–Crippen MR) is 67.7 cm³/mol. The minimum Gasteiger partial charge on any atom is -0.296 e. The largest absolute Gasteiger partial charge is 0.296 e. The Balaban J connectivity index is 2.67. The Morgan fingerprint density at radius 1 is 1.33 bits per heavy atom. The number of hydrogen-bond acceptors (Lipinski definition) is 2. The van der Waals surface area contributed by atoms with Gasteiger partial charge in [-0.15, -0.1) is 0 Å². The van der Waals surface area contributed by atoms with Crippen LogP contribution in [0.15, 0.2) is 18.2 Å². The third-order valence-corrected chi connectivity index (χ3v) is 3.09. The van der Waals surface area contributed by atoms with Gasteiger partial charge in [0.25, 0.3) is 0 Å². The SMILES string of the molecule is CCCC(C)N(C)CC(=O)c1ccc(F)c(F)c1. The van der Waals surface area contributed by atoms with Gasteiger partial charge in [-0.3, -0.25) is 9.69 Å². The van der Waals surface area contributed by atoms with Gasteiger partial charge in [0.15, 0.2) is 17.4 Å². The van der Waals surface area contributed by atoms with Crippen LogP contribution in [0.1, 0.15) is 37.0 Å². The van der Waals surface area contributed by atoms with E-state index in [0.29, 0.717) is 6.04 Å². The van der Waals surface area contributed by atoms with Crippen LogP contribution in [-0.2, 0) is 0 Å². The third kappa shape index (κ3) is 3.88. The number of likely N-dealkylation sites (N-methyl/N-ethyl adjacent to an activating group) is 1. The average Bonchev–Trinajstić information content (AvgIpc) is 2.32. The smallest absolute Gasteiger partial charge is 0.176 e. The first-order valence-electron chi connectivity index (χ1n) is 6.14. The molecule has 1 unspecified atom stereocenters. The maximum atomic E-state index is 13.0. The van der Waals surface area contributed by atoms with Gasteiger partial charge in [0, 0.05) is 11.6 Å². The van der Waals surface area contributed by atoms with E-state index in [1.807, 2.05) is 18.9 Å². The van der Waals surface area contributed by atoms with Crippen LogP contribution in [0.3, 0.4) is 0 Å². The van der Waals surface area contributed by atoms with Gasteiger partial charge in [-0.2, -0.15) is 0 Å². The Bertz CT molecular complexity index is 420. The zero-order valence-corrected chi connectivity index (χ0v) is 11.0. The summed E-state index contributed by atoms with van der Waals surface area (Å²) in [5.41, 5.74) is 0.212. The molecule has 1 aromatic rings. The molecule has 0 aromatic heterocycles. The van der Waals surface area contributed by atoms with Crippen molar-refractivity contribution in [1.29, 1.82) is 0 Å². The monoisotopic (exact) mass is 255 g/mol. The number of benzene rings is 1. The van der Waals surface area contributed by atoms with Gasteiger partial charge in [0.2, 0.25) is 0 Å². The Kier molecular flexibility index (Phi) is 5.41. The number of rotatable bonds is 6. The second kappa shape index (κ2) is 6.59. The van der Waals surface area contributed by atoms with Gasteiger partial charge in [0.05, 0.1) is 6.54 Å². The van der Waals surface area contributed by atoms with Crippen LogP contribution in [0.25, 0.3) is 0 Å². The number of ketones is 1. The fourth-order valence-corrected chi connectivity index (χ4v) is 1.78. The molecule has 0 fully saturated rings. The first-order valence-corrected chi connectivity index (χ1v) is 6.14. The third-order valence-electron chi connectivity index (χ3n) is 3.09. The lowest BCUT2D eigenvalue weighted by molar-refractivity contribution is 0.0921. The highest BCUT2D eigenvalue weighted by Gasteiger charge is 2.15. The van der Waals surface area contributed by atoms with Crippen LogP contribution < -0.4 is 0 Å². The summed E-state index contributed by atoms with van der Waals surface area (Å²) in [6, 6.07) is 3.55. The van der Waals surface area contributed by atoms with Crippen molar-refractivity contribution in [2.45, 2.75) is 32.7 Å². The molecular weight excluding hydrogens is 236 g/mol. The number of carbonyl (C=O) groups excluding carboxylic acids is 1. The highest BCUT2D eigenvalue weighted by Crippen LogP contribution is 2.11. The summed E-state index contributed by atoms with van der Waals surface area (Å²) < 4.78 is 25.8. The summed E-state index contributed by atoms with van der Waals surface area (Å²) in [5, 5.41) is 0. The van der Waals surface area contributed by atoms with Crippen molar-refractivity contribution in [1.82, 2.24) is 4.90 Å². The Morgan fingerprint density at radius 2 is 2.00 bits per heavy atom. The number of hydrogen-bond donors (Lipinski definition) is 0. The molecule has 0 bridgehead atoms. The maximum absolute atomic E-state index is 13.0. The molecule has 100 valence electrons. The molecule has 18 heavy (non-hydrogen) atoms. The topological polar surface area (TPSA) is 20.3 Å². The molecule has 0 saturated carbocycles. The average molecular weight is 255 g/mol. The van der Waals surface area contributed by atoms with Gasteiger partial charge in [0.1, 0.15) is 0 Å². The van der Waals surface area contributed by atoms with E-state index in [0.717, 1.165) is 25.0 Å². The molecule has 4 heteroatoms. The van der Waals surface area contributed by atoms with Crippen molar-refractivity contribution >= 4 is 5.78 Å². The van der Waals surface area contributed by atoms with Gasteiger partial charge in [-0.1, -0.05) is 13.3 Å². The molecule has 0 aliphatic carbocycles. The van der Waals surface area contributed by atoms with E-state index in [9.17, 15) is 13.6 Å². The van der Waals surface area contributed by atoms with Gasteiger partial charge < -0.3 is 0 Å². The van der Waals surface area contributed by atoms with Gasteiger partial charge >= 0.3 is 0 Å². The van der Waals surface area contributed by atoms with E-state index in [1.54, 1.807) is 0 Å². The summed E-state index contributed by atoms with van der Waals surface area (Å²) in [4.78, 5) is 13.8. The second-order valence-corrected chi connectivity index (χ2v) is 4.60. The number of nitrogens with zero attached hydrogens (tertiary/aromatic N) is 1. The molecule has 1 aromatic carbocycles. The van der Waals surface area contributed by atoms with E-state index in [2.05, 4.69) is 6.92 Å². The Hall–Kier alpha value is -1.29. The van der Waals surface area contributed by atoms with E-state index in [1.165, 1.54) is 6.07 Å². The van der Waals surface area contributed by atoms with E-state index < -0.39 is 11.6 Å². The highest BCUT2D eigenvalue weighted by atomic mass is 19.2. The molecule has 0 aliphatic heterocycles. The molecule has 0 radical (unpaired) electrons. The van der Waals surface area contributed by atoms with E-state index in [-0.39, 0.29) is 17.9 Å². The summed E-state index contributed by atoms with van der Waals surface area (Å²) >= 11 is 0. The molecule has 0 aliphatic rings. The maximum Gasteiger partial charge on any atom is 0.176 e. The normalized spacial score (nSPS) is 12.8. The Morgan fingerprint density at radius 3 is 2.56 bits per heavy atom. The van der Waals surface area contributed by atoms with Crippen LogP contribution in [0.2, 0.25) is 0 Å². The summed E-state index contributed by atoms with van der Waals surface area (Å²) in [5.74, 6) is -2.11. The lowest BCUT2D eigenvalue weighted by Crippen LogP contribution is -2.33. The van der Waals surface area contributed by atoms with Crippen molar-refractivity contribution in [3.05, 3.63) is 35.4 Å². The molecule has 2 nitrogen and oxygen atoms in total. The molecular formula is C14H19F2NO. The van der Waals surface area contributed by atoms with Crippen molar-refractivity contribution in [3.8, 4) is 0 Å². The zero-order valence-electron chi connectivity index (χ0n) is 11.0.